The van der Waals surface area contributed by atoms with Gasteiger partial charge in [-0.1, -0.05) is 29.4 Å². The molecule has 2 aliphatic rings. The van der Waals surface area contributed by atoms with E-state index in [-0.39, 0.29) is 22.6 Å². The summed E-state index contributed by atoms with van der Waals surface area (Å²) in [5, 5.41) is 6.87. The maximum absolute atomic E-state index is 13.2. The van der Waals surface area contributed by atoms with Gasteiger partial charge in [-0.25, -0.2) is 8.42 Å². The van der Waals surface area contributed by atoms with E-state index >= 15 is 0 Å². The number of aryl methyl sites for hydroxylation is 3. The molecule has 150 valence electrons. The second-order valence-corrected chi connectivity index (χ2v) is 9.41. The standard InChI is InChI=1S/C20H25N3O4S/c1-13-19(14(2)27-22-13)28(25,26)23-12-6-11-18(23)20(24)21-17-10-5-8-15-7-3-4-9-16(15)17/h3-4,7,9,17-18H,5-6,8,10-12H2,1-2H3,(H,21,24)/t17-,18+/m0/s1. The molecule has 1 aromatic carbocycles. The second-order valence-electron chi connectivity index (χ2n) is 7.58. The largest absolute Gasteiger partial charge is 0.360 e. The summed E-state index contributed by atoms with van der Waals surface area (Å²) in [6, 6.07) is 7.36. The Morgan fingerprint density at radius 3 is 2.75 bits per heavy atom. The van der Waals surface area contributed by atoms with Gasteiger partial charge in [0, 0.05) is 6.54 Å². The van der Waals surface area contributed by atoms with Gasteiger partial charge in [0.2, 0.25) is 15.9 Å². The first-order valence-electron chi connectivity index (χ1n) is 9.72. The number of benzene rings is 1. The van der Waals surface area contributed by atoms with Crippen LogP contribution in [0.5, 0.6) is 0 Å². The van der Waals surface area contributed by atoms with E-state index in [4.69, 9.17) is 4.52 Å². The van der Waals surface area contributed by atoms with Gasteiger partial charge in [0.25, 0.3) is 0 Å². The minimum Gasteiger partial charge on any atom is -0.360 e. The van der Waals surface area contributed by atoms with E-state index in [0.717, 1.165) is 24.8 Å². The fraction of sp³-hybridized carbons (Fsp3) is 0.500. The number of carbonyl (C=O) groups excluding carboxylic acids is 1. The molecule has 0 saturated carbocycles. The summed E-state index contributed by atoms with van der Waals surface area (Å²) < 4.78 is 32.7. The van der Waals surface area contributed by atoms with Crippen molar-refractivity contribution in [3.63, 3.8) is 0 Å². The monoisotopic (exact) mass is 403 g/mol. The van der Waals surface area contributed by atoms with Gasteiger partial charge in [0.1, 0.15) is 16.6 Å². The fourth-order valence-electron chi connectivity index (χ4n) is 4.42. The summed E-state index contributed by atoms with van der Waals surface area (Å²) in [5.41, 5.74) is 2.72. The highest BCUT2D eigenvalue weighted by molar-refractivity contribution is 7.89. The summed E-state index contributed by atoms with van der Waals surface area (Å²) >= 11 is 0. The van der Waals surface area contributed by atoms with E-state index in [2.05, 4.69) is 16.5 Å². The van der Waals surface area contributed by atoms with Crippen LogP contribution in [0.1, 0.15) is 54.3 Å². The second kappa shape index (κ2) is 7.33. The summed E-state index contributed by atoms with van der Waals surface area (Å²) in [4.78, 5) is 13.1. The predicted molar refractivity (Wildman–Crippen MR) is 103 cm³/mol. The van der Waals surface area contributed by atoms with Crippen molar-refractivity contribution >= 4 is 15.9 Å². The third-order valence-electron chi connectivity index (χ3n) is 5.73. The smallest absolute Gasteiger partial charge is 0.249 e. The number of hydrogen-bond acceptors (Lipinski definition) is 5. The zero-order valence-corrected chi connectivity index (χ0v) is 17.0. The van der Waals surface area contributed by atoms with E-state index < -0.39 is 16.1 Å². The number of nitrogens with zero attached hydrogens (tertiary/aromatic N) is 2. The molecule has 2 heterocycles. The molecule has 7 nitrogen and oxygen atoms in total. The van der Waals surface area contributed by atoms with E-state index in [1.165, 1.54) is 9.87 Å². The summed E-state index contributed by atoms with van der Waals surface area (Å²) in [5.74, 6) is 0.0271. The maximum atomic E-state index is 13.2. The van der Waals surface area contributed by atoms with Crippen LogP contribution in [0.3, 0.4) is 0 Å². The fourth-order valence-corrected chi connectivity index (χ4v) is 6.37. The highest BCUT2D eigenvalue weighted by Gasteiger charge is 2.42. The summed E-state index contributed by atoms with van der Waals surface area (Å²) in [6.07, 6.45) is 4.06. The molecular formula is C20H25N3O4S. The highest BCUT2D eigenvalue weighted by atomic mass is 32.2. The number of sulfonamides is 1. The number of rotatable bonds is 4. The maximum Gasteiger partial charge on any atom is 0.249 e. The van der Waals surface area contributed by atoms with E-state index in [1.54, 1.807) is 13.8 Å². The van der Waals surface area contributed by atoms with Crippen LogP contribution in [0.4, 0.5) is 0 Å². The lowest BCUT2D eigenvalue weighted by Crippen LogP contribution is -2.47. The molecule has 28 heavy (non-hydrogen) atoms. The molecule has 1 aromatic heterocycles. The molecule has 0 spiro atoms. The lowest BCUT2D eigenvalue weighted by Gasteiger charge is -2.29. The molecule has 8 heteroatoms. The number of amides is 1. The molecule has 1 saturated heterocycles. The van der Waals surface area contributed by atoms with E-state index in [0.29, 0.717) is 25.1 Å². The van der Waals surface area contributed by atoms with Crippen molar-refractivity contribution in [1.82, 2.24) is 14.8 Å². The number of nitrogens with one attached hydrogen (secondary N) is 1. The molecule has 1 N–H and O–H groups in total. The number of fused-ring (bicyclic) bond motifs is 1. The van der Waals surface area contributed by atoms with Gasteiger partial charge in [-0.2, -0.15) is 4.31 Å². The SMILES string of the molecule is Cc1noc(C)c1S(=O)(=O)N1CCC[C@@H]1C(=O)N[C@H]1CCCc2ccccc21. The van der Waals surface area contributed by atoms with Crippen molar-refractivity contribution in [3.05, 3.63) is 46.8 Å². The molecule has 1 fully saturated rings. The first-order chi connectivity index (χ1) is 13.4. The van der Waals surface area contributed by atoms with Gasteiger partial charge in [0.15, 0.2) is 5.76 Å². The topological polar surface area (TPSA) is 92.5 Å². The molecule has 4 rings (SSSR count). The van der Waals surface area contributed by atoms with Crippen molar-refractivity contribution < 1.29 is 17.7 Å². The Kier molecular flexibility index (Phi) is 5.01. The molecule has 0 unspecified atom stereocenters. The first kappa shape index (κ1) is 19.1. The molecule has 0 bridgehead atoms. The van der Waals surface area contributed by atoms with Crippen LogP contribution >= 0.6 is 0 Å². The Labute approximate surface area is 165 Å². The van der Waals surface area contributed by atoms with Crippen molar-refractivity contribution in [2.75, 3.05) is 6.54 Å². The summed E-state index contributed by atoms with van der Waals surface area (Å²) in [6.45, 7) is 3.51. The molecule has 2 atom stereocenters. The van der Waals surface area contributed by atoms with Crippen LogP contribution in [0, 0.1) is 13.8 Å². The molecule has 2 aromatic rings. The third-order valence-corrected chi connectivity index (χ3v) is 7.88. The average molecular weight is 404 g/mol. The van der Waals surface area contributed by atoms with Crippen molar-refractivity contribution in [2.45, 2.75) is 62.9 Å². The molecular weight excluding hydrogens is 378 g/mol. The number of hydrogen-bond donors (Lipinski definition) is 1. The van der Waals surface area contributed by atoms with Crippen LogP contribution in [-0.2, 0) is 21.2 Å². The molecule has 1 aliphatic heterocycles. The quantitative estimate of drug-likeness (QED) is 0.847. The zero-order valence-electron chi connectivity index (χ0n) is 16.1. The third kappa shape index (κ3) is 3.24. The van der Waals surface area contributed by atoms with Crippen molar-refractivity contribution in [3.8, 4) is 0 Å². The number of aromatic nitrogens is 1. The molecule has 0 radical (unpaired) electrons. The highest BCUT2D eigenvalue weighted by Crippen LogP contribution is 2.32. The lowest BCUT2D eigenvalue weighted by atomic mass is 9.87. The summed E-state index contributed by atoms with van der Waals surface area (Å²) in [7, 11) is -3.84. The average Bonchev–Trinajstić information content (AvgIpc) is 3.29. The normalized spacial score (nSPS) is 22.8. The van der Waals surface area contributed by atoms with Crippen LogP contribution in [0.15, 0.2) is 33.7 Å². The van der Waals surface area contributed by atoms with E-state index in [9.17, 15) is 13.2 Å². The van der Waals surface area contributed by atoms with Crippen LogP contribution in [0.25, 0.3) is 0 Å². The van der Waals surface area contributed by atoms with Crippen molar-refractivity contribution in [1.29, 1.82) is 0 Å². The van der Waals surface area contributed by atoms with Gasteiger partial charge in [-0.05, 0) is 57.1 Å². The Bertz CT molecular complexity index is 979. The van der Waals surface area contributed by atoms with Gasteiger partial charge in [-0.15, -0.1) is 0 Å². The zero-order chi connectivity index (χ0) is 19.9. The van der Waals surface area contributed by atoms with Crippen LogP contribution in [-0.4, -0.2) is 36.4 Å². The Balaban J connectivity index is 1.57. The molecule has 1 amide bonds. The van der Waals surface area contributed by atoms with Crippen molar-refractivity contribution in [2.24, 2.45) is 0 Å². The number of carbonyl (C=O) groups is 1. The predicted octanol–water partition coefficient (Wildman–Crippen LogP) is 2.64. The Hall–Kier alpha value is -2.19. The van der Waals surface area contributed by atoms with Crippen LogP contribution < -0.4 is 5.32 Å². The minimum absolute atomic E-state index is 0.0679. The van der Waals surface area contributed by atoms with Gasteiger partial charge in [0.05, 0.1) is 6.04 Å². The van der Waals surface area contributed by atoms with Gasteiger partial charge >= 0.3 is 0 Å². The first-order valence-corrected chi connectivity index (χ1v) is 11.2. The van der Waals surface area contributed by atoms with E-state index in [1.807, 2.05) is 18.2 Å². The van der Waals surface area contributed by atoms with Crippen LogP contribution in [0.2, 0.25) is 0 Å². The minimum atomic E-state index is -3.84. The van der Waals surface area contributed by atoms with Gasteiger partial charge in [-0.3, -0.25) is 4.79 Å². The van der Waals surface area contributed by atoms with Gasteiger partial charge < -0.3 is 9.84 Å². The Morgan fingerprint density at radius 2 is 2.00 bits per heavy atom. The molecule has 1 aliphatic carbocycles. The lowest BCUT2D eigenvalue weighted by molar-refractivity contribution is -0.125. The Morgan fingerprint density at radius 1 is 1.21 bits per heavy atom.